The van der Waals surface area contributed by atoms with E-state index >= 15 is 0 Å². The van der Waals surface area contributed by atoms with Crippen LogP contribution in [0.25, 0.3) is 0 Å². The minimum absolute atomic E-state index is 0.482. The van der Waals surface area contributed by atoms with Gasteiger partial charge in [-0.2, -0.15) is 0 Å². The molecule has 4 heteroatoms. The number of piperidine rings is 1. The Balaban J connectivity index is 1.75. The molecule has 1 saturated carbocycles. The Morgan fingerprint density at radius 3 is 2.43 bits per heavy atom. The topological polar surface area (TPSA) is 39.7 Å². The molecule has 134 valence electrons. The van der Waals surface area contributed by atoms with Crippen molar-refractivity contribution < 1.29 is 0 Å². The van der Waals surface area contributed by atoms with E-state index in [-0.39, 0.29) is 0 Å². The fourth-order valence-corrected chi connectivity index (χ4v) is 4.08. The molecular weight excluding hydrogens is 284 g/mol. The van der Waals surface area contributed by atoms with Crippen LogP contribution >= 0.6 is 0 Å². The SMILES string of the molecule is CCNC(=NCC1(CC)CCCC1)NCCC1CCN(C)CC1. The third kappa shape index (κ3) is 5.98. The minimum Gasteiger partial charge on any atom is -0.357 e. The Hall–Kier alpha value is -0.770. The molecular formula is C19H38N4. The van der Waals surface area contributed by atoms with Crippen LogP contribution in [0.5, 0.6) is 0 Å². The third-order valence-corrected chi connectivity index (χ3v) is 6.01. The van der Waals surface area contributed by atoms with Gasteiger partial charge < -0.3 is 15.5 Å². The summed E-state index contributed by atoms with van der Waals surface area (Å²) in [6.45, 7) is 10.0. The van der Waals surface area contributed by atoms with Crippen molar-refractivity contribution in [1.82, 2.24) is 15.5 Å². The first kappa shape index (κ1) is 18.6. The van der Waals surface area contributed by atoms with Gasteiger partial charge in [0.2, 0.25) is 0 Å². The summed E-state index contributed by atoms with van der Waals surface area (Å²) in [6.07, 6.45) is 10.8. The summed E-state index contributed by atoms with van der Waals surface area (Å²) in [5.74, 6) is 1.92. The number of nitrogens with zero attached hydrogens (tertiary/aromatic N) is 2. The average Bonchev–Trinajstić information content (AvgIpc) is 3.04. The molecule has 2 fully saturated rings. The van der Waals surface area contributed by atoms with E-state index < -0.39 is 0 Å². The lowest BCUT2D eigenvalue weighted by Gasteiger charge is -2.29. The van der Waals surface area contributed by atoms with Crippen LogP contribution in [0.2, 0.25) is 0 Å². The standard InChI is InChI=1S/C19H38N4/c1-4-19(11-6-7-12-19)16-22-18(20-5-2)21-13-8-17-9-14-23(3)15-10-17/h17H,4-16H2,1-3H3,(H2,20,21,22). The van der Waals surface area contributed by atoms with E-state index in [9.17, 15) is 0 Å². The highest BCUT2D eigenvalue weighted by Crippen LogP contribution is 2.41. The first-order chi connectivity index (χ1) is 11.2. The summed E-state index contributed by atoms with van der Waals surface area (Å²) >= 11 is 0. The molecule has 1 heterocycles. The lowest BCUT2D eigenvalue weighted by atomic mass is 9.84. The molecule has 0 spiro atoms. The van der Waals surface area contributed by atoms with E-state index in [1.807, 2.05) is 0 Å². The predicted molar refractivity (Wildman–Crippen MR) is 100 cm³/mol. The monoisotopic (exact) mass is 322 g/mol. The van der Waals surface area contributed by atoms with Crippen molar-refractivity contribution in [3.63, 3.8) is 0 Å². The maximum Gasteiger partial charge on any atom is 0.191 e. The number of aliphatic imine (C=N–C) groups is 1. The second-order valence-electron chi connectivity index (χ2n) is 7.72. The van der Waals surface area contributed by atoms with Crippen LogP contribution in [0.1, 0.15) is 65.2 Å². The lowest BCUT2D eigenvalue weighted by Crippen LogP contribution is -2.40. The van der Waals surface area contributed by atoms with E-state index in [0.29, 0.717) is 5.41 Å². The molecule has 0 aromatic carbocycles. The second kappa shape index (κ2) is 9.51. The maximum absolute atomic E-state index is 4.92. The Labute approximate surface area is 143 Å². The molecule has 2 aliphatic rings. The molecule has 0 bridgehead atoms. The van der Waals surface area contributed by atoms with Gasteiger partial charge in [-0.1, -0.05) is 19.8 Å². The van der Waals surface area contributed by atoms with Crippen molar-refractivity contribution in [3.8, 4) is 0 Å². The van der Waals surface area contributed by atoms with Crippen molar-refractivity contribution in [2.45, 2.75) is 65.2 Å². The summed E-state index contributed by atoms with van der Waals surface area (Å²) in [7, 11) is 2.23. The molecule has 2 rings (SSSR count). The molecule has 0 amide bonds. The highest BCUT2D eigenvalue weighted by atomic mass is 15.2. The van der Waals surface area contributed by atoms with Gasteiger partial charge in [-0.25, -0.2) is 0 Å². The largest absolute Gasteiger partial charge is 0.357 e. The molecule has 1 aliphatic carbocycles. The van der Waals surface area contributed by atoms with Crippen LogP contribution in [-0.2, 0) is 0 Å². The first-order valence-corrected chi connectivity index (χ1v) is 9.88. The quantitative estimate of drug-likeness (QED) is 0.558. The Kier molecular flexibility index (Phi) is 7.68. The van der Waals surface area contributed by atoms with Crippen molar-refractivity contribution in [3.05, 3.63) is 0 Å². The van der Waals surface area contributed by atoms with Crippen molar-refractivity contribution in [2.75, 3.05) is 39.8 Å². The van der Waals surface area contributed by atoms with Crippen LogP contribution in [0, 0.1) is 11.3 Å². The van der Waals surface area contributed by atoms with Crippen LogP contribution in [-0.4, -0.2) is 50.6 Å². The summed E-state index contributed by atoms with van der Waals surface area (Å²) in [6, 6.07) is 0. The molecule has 0 aromatic heterocycles. The van der Waals surface area contributed by atoms with Crippen molar-refractivity contribution >= 4 is 5.96 Å². The van der Waals surface area contributed by atoms with E-state index in [2.05, 4.69) is 36.4 Å². The first-order valence-electron chi connectivity index (χ1n) is 9.88. The number of nitrogens with one attached hydrogen (secondary N) is 2. The van der Waals surface area contributed by atoms with Crippen LogP contribution in [0.3, 0.4) is 0 Å². The number of guanidine groups is 1. The Bertz CT molecular complexity index is 352. The fourth-order valence-electron chi connectivity index (χ4n) is 4.08. The molecule has 23 heavy (non-hydrogen) atoms. The molecule has 0 aromatic rings. The molecule has 0 unspecified atom stereocenters. The van der Waals surface area contributed by atoms with E-state index in [1.165, 1.54) is 64.5 Å². The molecule has 0 radical (unpaired) electrons. The van der Waals surface area contributed by atoms with Gasteiger partial charge in [-0.15, -0.1) is 0 Å². The normalized spacial score (nSPS) is 23.2. The van der Waals surface area contributed by atoms with Crippen LogP contribution < -0.4 is 10.6 Å². The van der Waals surface area contributed by atoms with Gasteiger partial charge in [0.05, 0.1) is 0 Å². The summed E-state index contributed by atoms with van der Waals surface area (Å²) in [4.78, 5) is 7.37. The molecule has 0 atom stereocenters. The summed E-state index contributed by atoms with van der Waals surface area (Å²) < 4.78 is 0. The molecule has 1 aliphatic heterocycles. The zero-order valence-electron chi connectivity index (χ0n) is 15.7. The number of hydrogen-bond donors (Lipinski definition) is 2. The fraction of sp³-hybridized carbons (Fsp3) is 0.947. The Morgan fingerprint density at radius 2 is 1.83 bits per heavy atom. The van der Waals surface area contributed by atoms with Gasteiger partial charge >= 0.3 is 0 Å². The lowest BCUT2D eigenvalue weighted by molar-refractivity contribution is 0.213. The third-order valence-electron chi connectivity index (χ3n) is 6.01. The van der Waals surface area contributed by atoms with Gasteiger partial charge in [0.15, 0.2) is 5.96 Å². The Morgan fingerprint density at radius 1 is 1.13 bits per heavy atom. The van der Waals surface area contributed by atoms with E-state index in [0.717, 1.165) is 31.5 Å². The average molecular weight is 323 g/mol. The predicted octanol–water partition coefficient (Wildman–Crippen LogP) is 3.24. The van der Waals surface area contributed by atoms with Crippen molar-refractivity contribution in [2.24, 2.45) is 16.3 Å². The van der Waals surface area contributed by atoms with Gasteiger partial charge in [-0.05, 0) is 76.9 Å². The summed E-state index contributed by atoms with van der Waals surface area (Å²) in [5.41, 5.74) is 0.482. The zero-order chi connectivity index (χ0) is 16.5. The molecule has 1 saturated heterocycles. The van der Waals surface area contributed by atoms with E-state index in [4.69, 9.17) is 4.99 Å². The van der Waals surface area contributed by atoms with Crippen LogP contribution in [0.15, 0.2) is 4.99 Å². The second-order valence-corrected chi connectivity index (χ2v) is 7.72. The zero-order valence-corrected chi connectivity index (χ0v) is 15.7. The van der Waals surface area contributed by atoms with Crippen LogP contribution in [0.4, 0.5) is 0 Å². The summed E-state index contributed by atoms with van der Waals surface area (Å²) in [5, 5.41) is 6.99. The van der Waals surface area contributed by atoms with Gasteiger partial charge in [0.25, 0.3) is 0 Å². The van der Waals surface area contributed by atoms with Gasteiger partial charge in [0.1, 0.15) is 0 Å². The number of rotatable bonds is 7. The maximum atomic E-state index is 4.92. The van der Waals surface area contributed by atoms with Gasteiger partial charge in [-0.3, -0.25) is 4.99 Å². The highest BCUT2D eigenvalue weighted by Gasteiger charge is 2.31. The number of hydrogen-bond acceptors (Lipinski definition) is 2. The number of likely N-dealkylation sites (tertiary alicyclic amines) is 1. The highest BCUT2D eigenvalue weighted by molar-refractivity contribution is 5.79. The van der Waals surface area contributed by atoms with Crippen molar-refractivity contribution in [1.29, 1.82) is 0 Å². The van der Waals surface area contributed by atoms with Gasteiger partial charge in [0, 0.05) is 19.6 Å². The van der Waals surface area contributed by atoms with E-state index in [1.54, 1.807) is 0 Å². The smallest absolute Gasteiger partial charge is 0.191 e. The minimum atomic E-state index is 0.482. The molecule has 2 N–H and O–H groups in total. The molecule has 4 nitrogen and oxygen atoms in total.